The van der Waals surface area contributed by atoms with Crippen molar-refractivity contribution in [1.29, 1.82) is 0 Å². The number of benzene rings is 1. The number of hydrogen-bond acceptors (Lipinski definition) is 4. The van der Waals surface area contributed by atoms with Crippen molar-refractivity contribution in [2.24, 2.45) is 5.92 Å². The quantitative estimate of drug-likeness (QED) is 0.887. The van der Waals surface area contributed by atoms with E-state index in [9.17, 15) is 9.90 Å². The van der Waals surface area contributed by atoms with Crippen LogP contribution in [0.25, 0.3) is 0 Å². The predicted molar refractivity (Wildman–Crippen MR) is 85.7 cm³/mol. The molecule has 1 aliphatic carbocycles. The Morgan fingerprint density at radius 2 is 2.05 bits per heavy atom. The molecule has 4 nitrogen and oxygen atoms in total. The topological polar surface area (TPSA) is 63.3 Å². The Kier molecular flexibility index (Phi) is 3.73. The van der Waals surface area contributed by atoms with Crippen molar-refractivity contribution in [1.82, 2.24) is 5.16 Å². The Morgan fingerprint density at radius 3 is 2.64 bits per heavy atom. The van der Waals surface area contributed by atoms with Gasteiger partial charge in [-0.1, -0.05) is 33.2 Å². The minimum atomic E-state index is -1.14. The number of aromatic nitrogens is 1. The first-order valence-corrected chi connectivity index (χ1v) is 8.04. The molecule has 0 bridgehead atoms. The van der Waals surface area contributed by atoms with Crippen LogP contribution >= 0.6 is 15.9 Å². The van der Waals surface area contributed by atoms with Gasteiger partial charge in [-0.3, -0.25) is 4.79 Å². The van der Waals surface area contributed by atoms with Crippen molar-refractivity contribution in [2.75, 3.05) is 0 Å². The molecule has 0 saturated heterocycles. The van der Waals surface area contributed by atoms with Crippen molar-refractivity contribution >= 4 is 21.7 Å². The summed E-state index contributed by atoms with van der Waals surface area (Å²) in [4.78, 5) is 12.3. The number of carbonyl (C=O) groups excluding carboxylic acids is 1. The standard InChI is InChI=1S/C17H18BrNO3/c1-9(20)16-15(11-4-6-12(18)7-5-11)14-10(2)22-19-13(14)8-17(16,3)21/h4-7,15-16,21H,8H2,1-3H3/t15-,16-,17+/m1/s1. The molecule has 3 rings (SSSR count). The van der Waals surface area contributed by atoms with Crippen LogP contribution in [0.3, 0.4) is 0 Å². The minimum absolute atomic E-state index is 0.0239. The smallest absolute Gasteiger partial charge is 0.137 e. The van der Waals surface area contributed by atoms with Gasteiger partial charge >= 0.3 is 0 Å². The summed E-state index contributed by atoms with van der Waals surface area (Å²) in [5, 5.41) is 14.9. The van der Waals surface area contributed by atoms with Gasteiger partial charge in [-0.2, -0.15) is 0 Å². The minimum Gasteiger partial charge on any atom is -0.389 e. The number of carbonyl (C=O) groups is 1. The lowest BCUT2D eigenvalue weighted by atomic mass is 9.64. The van der Waals surface area contributed by atoms with Crippen LogP contribution in [0.2, 0.25) is 0 Å². The predicted octanol–water partition coefficient (Wildman–Crippen LogP) is 3.39. The summed E-state index contributed by atoms with van der Waals surface area (Å²) < 4.78 is 6.31. The molecule has 1 aromatic carbocycles. The molecule has 22 heavy (non-hydrogen) atoms. The van der Waals surface area contributed by atoms with E-state index < -0.39 is 11.5 Å². The zero-order valence-corrected chi connectivity index (χ0v) is 14.3. The van der Waals surface area contributed by atoms with Gasteiger partial charge in [0.25, 0.3) is 0 Å². The van der Waals surface area contributed by atoms with Gasteiger partial charge in [0.15, 0.2) is 0 Å². The molecule has 1 heterocycles. The van der Waals surface area contributed by atoms with E-state index in [4.69, 9.17) is 4.52 Å². The number of ketones is 1. The number of rotatable bonds is 2. The summed E-state index contributed by atoms with van der Waals surface area (Å²) in [6.45, 7) is 5.10. The van der Waals surface area contributed by atoms with Crippen LogP contribution in [-0.4, -0.2) is 21.6 Å². The average Bonchev–Trinajstić information content (AvgIpc) is 2.77. The third-order valence-corrected chi connectivity index (χ3v) is 5.02. The summed E-state index contributed by atoms with van der Waals surface area (Å²) in [6.07, 6.45) is 0.330. The van der Waals surface area contributed by atoms with Crippen LogP contribution in [0.4, 0.5) is 0 Å². The molecule has 3 atom stereocenters. The number of aliphatic hydroxyl groups is 1. The van der Waals surface area contributed by atoms with Crippen LogP contribution in [0.1, 0.15) is 42.3 Å². The maximum atomic E-state index is 12.3. The van der Waals surface area contributed by atoms with Gasteiger partial charge in [0, 0.05) is 22.4 Å². The summed E-state index contributed by atoms with van der Waals surface area (Å²) >= 11 is 3.43. The lowest BCUT2D eigenvalue weighted by Crippen LogP contribution is -2.48. The van der Waals surface area contributed by atoms with Crippen molar-refractivity contribution in [3.05, 3.63) is 51.3 Å². The lowest BCUT2D eigenvalue weighted by Gasteiger charge is -2.40. The van der Waals surface area contributed by atoms with E-state index in [1.165, 1.54) is 0 Å². The maximum absolute atomic E-state index is 12.3. The number of halogens is 1. The van der Waals surface area contributed by atoms with Gasteiger partial charge in [0.05, 0.1) is 17.2 Å². The SMILES string of the molecule is CC(=O)[C@@H]1[C@H](c2ccc(Br)cc2)c2c(noc2C)C[C@]1(C)O. The molecule has 1 N–H and O–H groups in total. The summed E-state index contributed by atoms with van der Waals surface area (Å²) in [7, 11) is 0. The third-order valence-electron chi connectivity index (χ3n) is 4.49. The van der Waals surface area contributed by atoms with Gasteiger partial charge in [-0.15, -0.1) is 0 Å². The molecular weight excluding hydrogens is 346 g/mol. The second kappa shape index (κ2) is 5.32. The molecule has 0 aliphatic heterocycles. The number of Topliss-reactive ketones (excluding diaryl/α,β-unsaturated/α-hetero) is 1. The highest BCUT2D eigenvalue weighted by atomic mass is 79.9. The van der Waals surface area contributed by atoms with E-state index in [2.05, 4.69) is 21.1 Å². The zero-order valence-electron chi connectivity index (χ0n) is 12.8. The van der Waals surface area contributed by atoms with Crippen molar-refractivity contribution < 1.29 is 14.4 Å². The first-order valence-electron chi connectivity index (χ1n) is 7.24. The normalized spacial score (nSPS) is 27.5. The molecule has 1 aliphatic rings. The van der Waals surface area contributed by atoms with E-state index in [1.807, 2.05) is 31.2 Å². The molecule has 0 radical (unpaired) electrons. The van der Waals surface area contributed by atoms with Crippen LogP contribution in [0.5, 0.6) is 0 Å². The molecule has 0 amide bonds. The van der Waals surface area contributed by atoms with E-state index in [0.717, 1.165) is 21.3 Å². The fourth-order valence-corrected chi connectivity index (χ4v) is 3.89. The monoisotopic (exact) mass is 363 g/mol. The highest BCUT2D eigenvalue weighted by Crippen LogP contribution is 2.47. The Hall–Kier alpha value is -1.46. The number of hydrogen-bond donors (Lipinski definition) is 1. The fraction of sp³-hybridized carbons (Fsp3) is 0.412. The highest BCUT2D eigenvalue weighted by molar-refractivity contribution is 9.10. The molecule has 0 saturated carbocycles. The van der Waals surface area contributed by atoms with Gasteiger partial charge in [0.2, 0.25) is 0 Å². The average molecular weight is 364 g/mol. The van der Waals surface area contributed by atoms with Crippen molar-refractivity contribution in [3.63, 3.8) is 0 Å². The second-order valence-electron chi connectivity index (χ2n) is 6.25. The van der Waals surface area contributed by atoms with Crippen molar-refractivity contribution in [2.45, 2.75) is 38.7 Å². The summed E-state index contributed by atoms with van der Waals surface area (Å²) in [5.41, 5.74) is 1.53. The highest BCUT2D eigenvalue weighted by Gasteiger charge is 2.49. The van der Waals surface area contributed by atoms with E-state index in [1.54, 1.807) is 13.8 Å². The lowest BCUT2D eigenvalue weighted by molar-refractivity contribution is -0.130. The first kappa shape index (κ1) is 15.4. The fourth-order valence-electron chi connectivity index (χ4n) is 3.63. The Morgan fingerprint density at radius 1 is 1.41 bits per heavy atom. The second-order valence-corrected chi connectivity index (χ2v) is 7.17. The van der Waals surface area contributed by atoms with Gasteiger partial charge in [0.1, 0.15) is 11.5 Å². The van der Waals surface area contributed by atoms with Gasteiger partial charge in [-0.25, -0.2) is 0 Å². The van der Waals surface area contributed by atoms with Crippen LogP contribution < -0.4 is 0 Å². The maximum Gasteiger partial charge on any atom is 0.137 e. The molecule has 0 fully saturated rings. The Balaban J connectivity index is 2.23. The van der Waals surface area contributed by atoms with E-state index in [0.29, 0.717) is 12.2 Å². The van der Waals surface area contributed by atoms with Crippen LogP contribution in [0, 0.1) is 12.8 Å². The number of nitrogens with zero attached hydrogens (tertiary/aromatic N) is 1. The molecular formula is C17H18BrNO3. The number of aryl methyl sites for hydroxylation is 1. The Bertz CT molecular complexity index is 718. The zero-order chi connectivity index (χ0) is 16.1. The molecule has 1 aromatic heterocycles. The molecule has 2 aromatic rings. The molecule has 5 heteroatoms. The first-order chi connectivity index (χ1) is 10.3. The molecule has 0 unspecified atom stereocenters. The van der Waals surface area contributed by atoms with E-state index in [-0.39, 0.29) is 11.7 Å². The summed E-state index contributed by atoms with van der Waals surface area (Å²) in [6, 6.07) is 7.83. The third kappa shape index (κ3) is 2.42. The molecule has 116 valence electrons. The van der Waals surface area contributed by atoms with Crippen LogP contribution in [0.15, 0.2) is 33.3 Å². The largest absolute Gasteiger partial charge is 0.389 e. The Labute approximate surface area is 137 Å². The van der Waals surface area contributed by atoms with Gasteiger partial charge < -0.3 is 9.63 Å². The van der Waals surface area contributed by atoms with E-state index >= 15 is 0 Å². The van der Waals surface area contributed by atoms with Gasteiger partial charge in [-0.05, 0) is 38.5 Å². The van der Waals surface area contributed by atoms with Crippen LogP contribution in [-0.2, 0) is 11.2 Å². The number of fused-ring (bicyclic) bond motifs is 1. The van der Waals surface area contributed by atoms with Crippen molar-refractivity contribution in [3.8, 4) is 0 Å². The molecule has 0 spiro atoms. The summed E-state index contributed by atoms with van der Waals surface area (Å²) in [5.74, 6) is -0.0660.